The molecule has 23 heavy (non-hydrogen) atoms. The topological polar surface area (TPSA) is 68.5 Å². The van der Waals surface area contributed by atoms with Gasteiger partial charge in [-0.3, -0.25) is 9.20 Å². The van der Waals surface area contributed by atoms with Crippen molar-refractivity contribution in [1.82, 2.24) is 19.9 Å². The number of pyridine rings is 1. The fourth-order valence-electron chi connectivity index (χ4n) is 2.71. The molecule has 1 amide bonds. The molecule has 1 fully saturated rings. The van der Waals surface area contributed by atoms with Crippen LogP contribution in [-0.2, 0) is 11.3 Å². The van der Waals surface area contributed by atoms with Crippen LogP contribution in [0.25, 0.3) is 5.65 Å². The second-order valence-corrected chi connectivity index (χ2v) is 6.55. The van der Waals surface area contributed by atoms with E-state index < -0.39 is 0 Å². The molecule has 1 aliphatic rings. The first-order chi connectivity index (χ1) is 11.3. The lowest BCUT2D eigenvalue weighted by Gasteiger charge is -2.05. The van der Waals surface area contributed by atoms with E-state index in [4.69, 9.17) is 4.74 Å². The minimum atomic E-state index is -0.0908. The summed E-state index contributed by atoms with van der Waals surface area (Å²) in [5.74, 6) is 0.622. The fraction of sp³-hybridized carbons (Fsp3) is 0.312. The molecule has 0 aromatic carbocycles. The summed E-state index contributed by atoms with van der Waals surface area (Å²) in [6.07, 6.45) is 4.16. The zero-order valence-electron chi connectivity index (χ0n) is 12.4. The van der Waals surface area contributed by atoms with Gasteiger partial charge in [0.25, 0.3) is 5.91 Å². The first-order valence-corrected chi connectivity index (χ1v) is 8.41. The molecule has 1 aliphatic heterocycles. The van der Waals surface area contributed by atoms with Gasteiger partial charge in [-0.25, -0.2) is 0 Å². The quantitative estimate of drug-likeness (QED) is 0.799. The Morgan fingerprint density at radius 3 is 3.17 bits per heavy atom. The Morgan fingerprint density at radius 2 is 2.30 bits per heavy atom. The molecule has 0 aliphatic carbocycles. The van der Waals surface area contributed by atoms with Gasteiger partial charge in [0, 0.05) is 17.7 Å². The van der Waals surface area contributed by atoms with Crippen molar-refractivity contribution in [1.29, 1.82) is 0 Å². The van der Waals surface area contributed by atoms with E-state index in [1.165, 1.54) is 11.3 Å². The zero-order chi connectivity index (χ0) is 15.6. The predicted octanol–water partition coefficient (Wildman–Crippen LogP) is 2.57. The molecule has 0 radical (unpaired) electrons. The maximum atomic E-state index is 12.3. The van der Waals surface area contributed by atoms with Crippen LogP contribution in [0.3, 0.4) is 0 Å². The highest BCUT2D eigenvalue weighted by Crippen LogP contribution is 2.33. The van der Waals surface area contributed by atoms with Crippen molar-refractivity contribution in [3.63, 3.8) is 0 Å². The largest absolute Gasteiger partial charge is 0.373 e. The molecule has 1 saturated heterocycles. The molecule has 118 valence electrons. The second kappa shape index (κ2) is 6.10. The Kier molecular flexibility index (Phi) is 3.80. The standard InChI is InChI=1S/C16H16N4O2S/c21-16(13-7-6-12(23-13)11-4-3-9-22-11)17-10-15-19-18-14-5-1-2-8-20(14)15/h1-2,5-8,11H,3-4,9-10H2,(H,17,21). The highest BCUT2D eigenvalue weighted by molar-refractivity contribution is 7.14. The lowest BCUT2D eigenvalue weighted by Crippen LogP contribution is -2.23. The van der Waals surface area contributed by atoms with Crippen LogP contribution < -0.4 is 5.32 Å². The van der Waals surface area contributed by atoms with E-state index in [1.54, 1.807) is 0 Å². The molecule has 6 nitrogen and oxygen atoms in total. The normalized spacial score (nSPS) is 17.7. The summed E-state index contributed by atoms with van der Waals surface area (Å²) in [5.41, 5.74) is 0.772. The van der Waals surface area contributed by atoms with Gasteiger partial charge in [-0.2, -0.15) is 0 Å². The molecule has 3 aromatic rings. The number of thiophene rings is 1. The summed E-state index contributed by atoms with van der Waals surface area (Å²) in [6, 6.07) is 9.55. The molecular formula is C16H16N4O2S. The second-order valence-electron chi connectivity index (χ2n) is 5.43. The average Bonchev–Trinajstić information content (AvgIpc) is 3.31. The number of aromatic nitrogens is 3. The van der Waals surface area contributed by atoms with Crippen LogP contribution in [0.15, 0.2) is 36.5 Å². The molecule has 1 atom stereocenters. The lowest BCUT2D eigenvalue weighted by atomic mass is 10.2. The monoisotopic (exact) mass is 328 g/mol. The zero-order valence-corrected chi connectivity index (χ0v) is 13.3. The first kappa shape index (κ1) is 14.3. The van der Waals surface area contributed by atoms with Crippen molar-refractivity contribution in [2.75, 3.05) is 6.61 Å². The number of carbonyl (C=O) groups excluding carboxylic acids is 1. The maximum absolute atomic E-state index is 12.3. The SMILES string of the molecule is O=C(NCc1nnc2ccccn12)c1ccc(C2CCCO2)s1. The number of amides is 1. The van der Waals surface area contributed by atoms with Crippen molar-refractivity contribution in [2.24, 2.45) is 0 Å². The van der Waals surface area contributed by atoms with E-state index in [1.807, 2.05) is 40.9 Å². The summed E-state index contributed by atoms with van der Waals surface area (Å²) >= 11 is 1.50. The van der Waals surface area contributed by atoms with E-state index in [-0.39, 0.29) is 12.0 Å². The van der Waals surface area contributed by atoms with Gasteiger partial charge in [0.05, 0.1) is 17.5 Å². The molecule has 1 unspecified atom stereocenters. The van der Waals surface area contributed by atoms with Crippen LogP contribution in [0.4, 0.5) is 0 Å². The van der Waals surface area contributed by atoms with Gasteiger partial charge >= 0.3 is 0 Å². The van der Waals surface area contributed by atoms with Gasteiger partial charge in [0.15, 0.2) is 11.5 Å². The number of ether oxygens (including phenoxy) is 1. The van der Waals surface area contributed by atoms with E-state index >= 15 is 0 Å². The summed E-state index contributed by atoms with van der Waals surface area (Å²) < 4.78 is 7.52. The molecule has 0 saturated carbocycles. The summed E-state index contributed by atoms with van der Waals surface area (Å²) in [5, 5.41) is 11.1. The third kappa shape index (κ3) is 2.85. The van der Waals surface area contributed by atoms with Gasteiger partial charge in [-0.05, 0) is 37.1 Å². The molecule has 0 bridgehead atoms. The minimum Gasteiger partial charge on any atom is -0.373 e. The van der Waals surface area contributed by atoms with Crippen LogP contribution in [0.2, 0.25) is 0 Å². The Labute approximate surface area is 137 Å². The van der Waals surface area contributed by atoms with Crippen molar-refractivity contribution in [3.8, 4) is 0 Å². The van der Waals surface area contributed by atoms with E-state index in [2.05, 4.69) is 15.5 Å². The van der Waals surface area contributed by atoms with Crippen molar-refractivity contribution >= 4 is 22.9 Å². The minimum absolute atomic E-state index is 0.0908. The van der Waals surface area contributed by atoms with Crippen LogP contribution in [0.5, 0.6) is 0 Å². The lowest BCUT2D eigenvalue weighted by molar-refractivity contribution is 0.0954. The van der Waals surface area contributed by atoms with Crippen molar-refractivity contribution in [3.05, 3.63) is 52.1 Å². The van der Waals surface area contributed by atoms with E-state index in [0.29, 0.717) is 17.2 Å². The highest BCUT2D eigenvalue weighted by Gasteiger charge is 2.21. The third-order valence-corrected chi connectivity index (χ3v) is 5.07. The highest BCUT2D eigenvalue weighted by atomic mass is 32.1. The molecule has 3 aromatic heterocycles. The molecule has 4 rings (SSSR count). The molecular weight excluding hydrogens is 312 g/mol. The van der Waals surface area contributed by atoms with Gasteiger partial charge in [-0.1, -0.05) is 6.07 Å². The molecule has 7 heteroatoms. The van der Waals surface area contributed by atoms with Crippen molar-refractivity contribution in [2.45, 2.75) is 25.5 Å². The van der Waals surface area contributed by atoms with Crippen LogP contribution in [-0.4, -0.2) is 27.1 Å². The van der Waals surface area contributed by atoms with Crippen LogP contribution >= 0.6 is 11.3 Å². The molecule has 4 heterocycles. The Morgan fingerprint density at radius 1 is 1.35 bits per heavy atom. The number of rotatable bonds is 4. The number of carbonyl (C=O) groups is 1. The smallest absolute Gasteiger partial charge is 0.261 e. The van der Waals surface area contributed by atoms with Crippen molar-refractivity contribution < 1.29 is 9.53 Å². The Bertz CT molecular complexity index is 835. The predicted molar refractivity (Wildman–Crippen MR) is 86.4 cm³/mol. The number of fused-ring (bicyclic) bond motifs is 1. The summed E-state index contributed by atoms with van der Waals surface area (Å²) in [6.45, 7) is 1.15. The number of nitrogens with one attached hydrogen (secondary N) is 1. The van der Waals surface area contributed by atoms with E-state index in [0.717, 1.165) is 30.0 Å². The molecule has 1 N–H and O–H groups in total. The van der Waals surface area contributed by atoms with Crippen LogP contribution in [0.1, 0.15) is 39.3 Å². The summed E-state index contributed by atoms with van der Waals surface area (Å²) in [4.78, 5) is 14.1. The number of nitrogens with zero attached hydrogens (tertiary/aromatic N) is 3. The van der Waals surface area contributed by atoms with Gasteiger partial charge in [-0.15, -0.1) is 21.5 Å². The Balaban J connectivity index is 1.43. The van der Waals surface area contributed by atoms with E-state index in [9.17, 15) is 4.79 Å². The Hall–Kier alpha value is -2.25. The third-order valence-electron chi connectivity index (χ3n) is 3.89. The van der Waals surface area contributed by atoms with Gasteiger partial charge < -0.3 is 10.1 Å². The average molecular weight is 328 g/mol. The van der Waals surface area contributed by atoms with Gasteiger partial charge in [0.1, 0.15) is 0 Å². The summed E-state index contributed by atoms with van der Waals surface area (Å²) in [7, 11) is 0. The van der Waals surface area contributed by atoms with Crippen LogP contribution in [0, 0.1) is 0 Å². The number of hydrogen-bond acceptors (Lipinski definition) is 5. The number of hydrogen-bond donors (Lipinski definition) is 1. The molecule has 0 spiro atoms. The first-order valence-electron chi connectivity index (χ1n) is 7.59. The van der Waals surface area contributed by atoms with Gasteiger partial charge in [0.2, 0.25) is 0 Å². The fourth-order valence-corrected chi connectivity index (χ4v) is 3.72. The maximum Gasteiger partial charge on any atom is 0.261 e.